The van der Waals surface area contributed by atoms with E-state index in [1.165, 1.54) is 0 Å². The molecule has 54 valence electrons. The summed E-state index contributed by atoms with van der Waals surface area (Å²) in [5, 5.41) is 0. The molecule has 4 heteroatoms. The van der Waals surface area contributed by atoms with Crippen LogP contribution >= 0.6 is 59.9 Å². The van der Waals surface area contributed by atoms with Gasteiger partial charge in [0.2, 0.25) is 0 Å². The first-order chi connectivity index (χ1) is 4.15. The van der Waals surface area contributed by atoms with Crippen LogP contribution in [0.5, 0.6) is 0 Å². The molecule has 0 aromatic rings. The van der Waals surface area contributed by atoms with Gasteiger partial charge in [-0.1, -0.05) is 0 Å². The Morgan fingerprint density at radius 1 is 1.44 bits per heavy atom. The summed E-state index contributed by atoms with van der Waals surface area (Å²) in [7, 11) is 0. The molecule has 0 atom stereocenters. The van der Waals surface area contributed by atoms with Gasteiger partial charge in [0, 0.05) is 0 Å². The van der Waals surface area contributed by atoms with Crippen LogP contribution in [0.25, 0.3) is 0 Å². The van der Waals surface area contributed by atoms with Gasteiger partial charge in [0.15, 0.2) is 0 Å². The Hall–Kier alpha value is 2.33. The van der Waals surface area contributed by atoms with Crippen LogP contribution in [0.4, 0.5) is 0 Å². The molecule has 0 bridgehead atoms. The predicted octanol–water partition coefficient (Wildman–Crippen LogP) is 3.89. The van der Waals surface area contributed by atoms with Crippen LogP contribution in [0.15, 0.2) is 0 Å². The fraction of sp³-hybridized carbons (Fsp3) is 0.400. The molecule has 0 amide bonds. The Kier molecular flexibility index (Phi) is 20.0. The van der Waals surface area contributed by atoms with E-state index in [2.05, 4.69) is 78.7 Å². The van der Waals surface area contributed by atoms with Gasteiger partial charge in [-0.3, -0.25) is 0 Å². The third kappa shape index (κ3) is 38.2. The van der Waals surface area contributed by atoms with E-state index >= 15 is 0 Å². The van der Waals surface area contributed by atoms with Crippen LogP contribution in [0, 0.1) is 18.8 Å². The SMILES string of the molecule is [CH2-]CC#CC.[I][V]([I])[I]. The predicted molar refractivity (Wildman–Crippen MR) is 65.5 cm³/mol. The second-order valence-corrected chi connectivity index (χ2v) is 36.2. The van der Waals surface area contributed by atoms with Crippen LogP contribution in [-0.4, -0.2) is 0 Å². The minimum atomic E-state index is -0.278. The fourth-order valence-electron chi connectivity index (χ4n) is 0.125. The van der Waals surface area contributed by atoms with E-state index < -0.39 is 0 Å². The zero-order valence-electron chi connectivity index (χ0n) is 5.00. The Morgan fingerprint density at radius 3 is 1.78 bits per heavy atom. The molecule has 0 fully saturated rings. The number of rotatable bonds is 0. The number of halogens is 3. The van der Waals surface area contributed by atoms with Crippen molar-refractivity contribution >= 4 is 59.9 Å². The summed E-state index contributed by atoms with van der Waals surface area (Å²) < 4.78 is 0. The van der Waals surface area contributed by atoms with Gasteiger partial charge in [0.05, 0.1) is 0 Å². The van der Waals surface area contributed by atoms with E-state index in [4.69, 9.17) is 0 Å². The van der Waals surface area contributed by atoms with E-state index in [1.807, 2.05) is 6.92 Å². The van der Waals surface area contributed by atoms with E-state index in [0.717, 1.165) is 6.42 Å². The number of hydrogen-bond acceptors (Lipinski definition) is 0. The van der Waals surface area contributed by atoms with Gasteiger partial charge < -0.3 is 6.92 Å². The van der Waals surface area contributed by atoms with Crippen molar-refractivity contribution in [3.05, 3.63) is 6.92 Å². The van der Waals surface area contributed by atoms with E-state index in [9.17, 15) is 0 Å². The maximum atomic E-state index is 3.50. The molecule has 0 N–H and O–H groups in total. The summed E-state index contributed by atoms with van der Waals surface area (Å²) in [4.78, 5) is -0.278. The first-order valence-corrected chi connectivity index (χ1v) is 15.6. The zero-order chi connectivity index (χ0) is 7.70. The molecule has 0 saturated heterocycles. The molecule has 0 unspecified atom stereocenters. The summed E-state index contributed by atoms with van der Waals surface area (Å²) in [6.45, 7) is 5.31. The normalized spacial score (nSPS) is 6.89. The summed E-state index contributed by atoms with van der Waals surface area (Å²) in [6.07, 6.45) is 0.733. The maximum absolute atomic E-state index is 3.50. The van der Waals surface area contributed by atoms with Crippen molar-refractivity contribution in [3.63, 3.8) is 0 Å². The number of hydrogen-bond donors (Lipinski definition) is 0. The van der Waals surface area contributed by atoms with E-state index in [1.54, 1.807) is 0 Å². The molecule has 0 spiro atoms. The molecule has 0 aromatic carbocycles. The van der Waals surface area contributed by atoms with Gasteiger partial charge in [-0.15, -0.1) is 18.3 Å². The fourth-order valence-corrected chi connectivity index (χ4v) is 0.125. The summed E-state index contributed by atoms with van der Waals surface area (Å²) in [6, 6.07) is 0. The molecular formula is C5H7I3V-. The standard InChI is InChI=1S/C5H7.3HI.V/c1-3-5-4-2;;;;/h1,3H2,2H3;3*1H;/q-1;;;;+3/p-3. The Bertz CT molecular complexity index is 89.4. The van der Waals surface area contributed by atoms with Crippen molar-refractivity contribution in [3.8, 4) is 11.8 Å². The molecule has 0 heterocycles. The molecule has 0 aliphatic rings. The van der Waals surface area contributed by atoms with Gasteiger partial charge in [-0.05, 0) is 6.92 Å². The molecule has 0 aromatic heterocycles. The topological polar surface area (TPSA) is 0 Å². The molecule has 0 aliphatic heterocycles. The Labute approximate surface area is 95.0 Å². The van der Waals surface area contributed by atoms with Gasteiger partial charge in [0.1, 0.15) is 0 Å². The first-order valence-electron chi connectivity index (χ1n) is 2.11. The Morgan fingerprint density at radius 2 is 1.78 bits per heavy atom. The molecule has 9 heavy (non-hydrogen) atoms. The van der Waals surface area contributed by atoms with Crippen molar-refractivity contribution in [2.75, 3.05) is 0 Å². The summed E-state index contributed by atoms with van der Waals surface area (Å²) >= 11 is 7.39. The third-order valence-corrected chi connectivity index (χ3v) is 0.302. The van der Waals surface area contributed by atoms with Gasteiger partial charge in [-0.25, -0.2) is 0 Å². The zero-order valence-corrected chi connectivity index (χ0v) is 12.9. The monoisotopic (exact) mass is 499 g/mol. The van der Waals surface area contributed by atoms with Crippen LogP contribution in [0.2, 0.25) is 0 Å². The van der Waals surface area contributed by atoms with E-state index in [-0.39, 0.29) is 4.92 Å². The second-order valence-electron chi connectivity index (χ2n) is 0.868. The van der Waals surface area contributed by atoms with Crippen molar-refractivity contribution in [2.24, 2.45) is 0 Å². The van der Waals surface area contributed by atoms with Crippen LogP contribution in [0.3, 0.4) is 0 Å². The van der Waals surface area contributed by atoms with Crippen molar-refractivity contribution < 1.29 is 4.92 Å². The van der Waals surface area contributed by atoms with Crippen LogP contribution < -0.4 is 0 Å². The molecule has 0 saturated carbocycles. The van der Waals surface area contributed by atoms with Gasteiger partial charge in [0.25, 0.3) is 0 Å². The summed E-state index contributed by atoms with van der Waals surface area (Å²) in [5.41, 5.74) is 0. The van der Waals surface area contributed by atoms with Crippen LogP contribution in [-0.2, 0) is 4.92 Å². The third-order valence-electron chi connectivity index (χ3n) is 0.302. The van der Waals surface area contributed by atoms with Crippen molar-refractivity contribution in [1.82, 2.24) is 0 Å². The molecule has 0 rings (SSSR count). The van der Waals surface area contributed by atoms with Gasteiger partial charge >= 0.3 is 64.9 Å². The average molecular weight is 499 g/mol. The summed E-state index contributed by atoms with van der Waals surface area (Å²) in [5.74, 6) is 5.45. The molecule has 0 nitrogen and oxygen atoms in total. The quantitative estimate of drug-likeness (QED) is 0.270. The molecular weight excluding hydrogens is 492 g/mol. The molecule has 0 aliphatic carbocycles. The van der Waals surface area contributed by atoms with Crippen LogP contribution in [0.1, 0.15) is 13.3 Å². The minimum absolute atomic E-state index is 0.278. The average Bonchev–Trinajstić information content (AvgIpc) is 1.66. The van der Waals surface area contributed by atoms with Crippen molar-refractivity contribution in [1.29, 1.82) is 0 Å². The van der Waals surface area contributed by atoms with Gasteiger partial charge in [-0.2, -0.15) is 0 Å². The molecule has 0 radical (unpaired) electrons. The van der Waals surface area contributed by atoms with Crippen molar-refractivity contribution in [2.45, 2.75) is 13.3 Å². The Balaban J connectivity index is 0. The van der Waals surface area contributed by atoms with E-state index in [0.29, 0.717) is 0 Å². The first kappa shape index (κ1) is 13.9. The second kappa shape index (κ2) is 13.0.